The summed E-state index contributed by atoms with van der Waals surface area (Å²) in [6.07, 6.45) is 0. The Hall–Kier alpha value is -1.94. The molecule has 0 spiro atoms. The minimum Gasteiger partial charge on any atom is -0.378 e. The van der Waals surface area contributed by atoms with Gasteiger partial charge in [-0.15, -0.1) is 11.3 Å². The summed E-state index contributed by atoms with van der Waals surface area (Å²) in [6, 6.07) is 12.9. The minimum atomic E-state index is -0.217. The third-order valence-electron chi connectivity index (χ3n) is 2.98. The summed E-state index contributed by atoms with van der Waals surface area (Å²) in [4.78, 5) is 6.59. The van der Waals surface area contributed by atoms with Gasteiger partial charge in [0.1, 0.15) is 10.8 Å². The number of thiazole rings is 1. The van der Waals surface area contributed by atoms with Crippen LogP contribution in [0.25, 0.3) is 20.8 Å². The summed E-state index contributed by atoms with van der Waals surface area (Å²) in [5.41, 5.74) is 3.06. The number of anilines is 1. The second-order valence-corrected chi connectivity index (χ2v) is 5.60. The van der Waals surface area contributed by atoms with Crippen LogP contribution >= 0.6 is 11.3 Å². The van der Waals surface area contributed by atoms with Crippen molar-refractivity contribution < 1.29 is 4.39 Å². The fourth-order valence-corrected chi connectivity index (χ4v) is 2.92. The molecule has 1 aromatic heterocycles. The first-order chi connectivity index (χ1) is 9.13. The van der Waals surface area contributed by atoms with Crippen molar-refractivity contribution in [3.8, 4) is 10.6 Å². The number of benzene rings is 2. The van der Waals surface area contributed by atoms with E-state index in [0.29, 0.717) is 0 Å². The van der Waals surface area contributed by atoms with Crippen molar-refractivity contribution in [2.75, 3.05) is 19.0 Å². The van der Waals surface area contributed by atoms with Gasteiger partial charge in [0.2, 0.25) is 0 Å². The van der Waals surface area contributed by atoms with Crippen molar-refractivity contribution in [3.05, 3.63) is 48.3 Å². The molecule has 0 fully saturated rings. The normalized spacial score (nSPS) is 10.9. The third kappa shape index (κ3) is 2.31. The van der Waals surface area contributed by atoms with Gasteiger partial charge < -0.3 is 4.90 Å². The molecule has 19 heavy (non-hydrogen) atoms. The van der Waals surface area contributed by atoms with E-state index in [-0.39, 0.29) is 5.82 Å². The zero-order valence-electron chi connectivity index (χ0n) is 10.7. The van der Waals surface area contributed by atoms with Crippen LogP contribution in [0.4, 0.5) is 10.1 Å². The monoisotopic (exact) mass is 271 g/mol. The van der Waals surface area contributed by atoms with Gasteiger partial charge >= 0.3 is 0 Å². The van der Waals surface area contributed by atoms with Crippen LogP contribution in [-0.2, 0) is 0 Å². The van der Waals surface area contributed by atoms with Crippen LogP contribution < -0.4 is 4.90 Å². The molecule has 0 saturated carbocycles. The van der Waals surface area contributed by atoms with E-state index >= 15 is 0 Å². The highest BCUT2D eigenvalue weighted by Gasteiger charge is 2.07. The zero-order valence-corrected chi connectivity index (χ0v) is 11.5. The van der Waals surface area contributed by atoms with Crippen molar-refractivity contribution >= 4 is 27.2 Å². The van der Waals surface area contributed by atoms with Gasteiger partial charge in [0.25, 0.3) is 0 Å². The second-order valence-electron chi connectivity index (χ2n) is 4.57. The molecule has 0 radical (unpaired) electrons. The average molecular weight is 271 g/mol. The van der Waals surface area contributed by atoms with Crippen molar-refractivity contribution in [1.82, 2.24) is 4.98 Å². The van der Waals surface area contributed by atoms with Crippen LogP contribution in [0, 0.1) is 5.82 Å². The van der Waals surface area contributed by atoms with Gasteiger partial charge in [-0.25, -0.2) is 9.37 Å². The molecule has 0 atom stereocenters. The number of fused-ring (bicyclic) bond motifs is 1. The zero-order chi connectivity index (χ0) is 13.4. The topological polar surface area (TPSA) is 16.1 Å². The van der Waals surface area contributed by atoms with Gasteiger partial charge in [0, 0.05) is 25.3 Å². The molecule has 0 amide bonds. The number of aromatic nitrogens is 1. The lowest BCUT2D eigenvalue weighted by Crippen LogP contribution is -2.07. The Morgan fingerprint density at radius 1 is 1.05 bits per heavy atom. The highest BCUT2D eigenvalue weighted by Crippen LogP contribution is 2.31. The summed E-state index contributed by atoms with van der Waals surface area (Å²) in [7, 11) is 4.02. The average Bonchev–Trinajstić information content (AvgIpc) is 2.81. The van der Waals surface area contributed by atoms with Gasteiger partial charge in [0.15, 0.2) is 0 Å². The highest BCUT2D eigenvalue weighted by atomic mass is 32.1. The Labute approximate surface area is 115 Å². The SMILES string of the molecule is CN(C)c1ccc(-c2nc3ccc([18F])cc3s2)cc1. The summed E-state index contributed by atoms with van der Waals surface area (Å²) in [5.74, 6) is -0.217. The van der Waals surface area contributed by atoms with Crippen LogP contribution in [0.1, 0.15) is 0 Å². The Morgan fingerprint density at radius 3 is 2.47 bits per heavy atom. The fraction of sp³-hybridized carbons (Fsp3) is 0.133. The molecule has 2 nitrogen and oxygen atoms in total. The van der Waals surface area contributed by atoms with Crippen LogP contribution in [0.3, 0.4) is 0 Å². The van der Waals surface area contributed by atoms with Gasteiger partial charge in [-0.05, 0) is 42.5 Å². The molecular formula is C15H13FN2S. The van der Waals surface area contributed by atoms with Gasteiger partial charge in [-0.2, -0.15) is 0 Å². The molecule has 1 heterocycles. The maximum atomic E-state index is 13.2. The number of rotatable bonds is 2. The van der Waals surface area contributed by atoms with Crippen molar-refractivity contribution in [2.45, 2.75) is 0 Å². The fourth-order valence-electron chi connectivity index (χ4n) is 1.92. The number of hydrogen-bond donors (Lipinski definition) is 0. The molecule has 2 aromatic carbocycles. The summed E-state index contributed by atoms with van der Waals surface area (Å²) in [6.45, 7) is 0. The summed E-state index contributed by atoms with van der Waals surface area (Å²) < 4.78 is 14.0. The smallest absolute Gasteiger partial charge is 0.124 e. The molecule has 0 aliphatic rings. The van der Waals surface area contributed by atoms with Crippen LogP contribution in [0.2, 0.25) is 0 Å². The van der Waals surface area contributed by atoms with Crippen LogP contribution in [0.15, 0.2) is 42.5 Å². The van der Waals surface area contributed by atoms with Crippen molar-refractivity contribution in [2.24, 2.45) is 0 Å². The van der Waals surface area contributed by atoms with E-state index in [9.17, 15) is 4.39 Å². The van der Waals surface area contributed by atoms with Crippen molar-refractivity contribution in [1.29, 1.82) is 0 Å². The summed E-state index contributed by atoms with van der Waals surface area (Å²) >= 11 is 1.51. The largest absolute Gasteiger partial charge is 0.378 e. The molecule has 0 aliphatic carbocycles. The second kappa shape index (κ2) is 4.63. The Kier molecular flexibility index (Phi) is 2.95. The number of halogens is 1. The molecule has 0 N–H and O–H groups in total. The maximum Gasteiger partial charge on any atom is 0.124 e. The maximum absolute atomic E-state index is 13.2. The molecule has 3 aromatic rings. The first-order valence-corrected chi connectivity index (χ1v) is 6.79. The molecule has 0 saturated heterocycles. The molecule has 0 aliphatic heterocycles. The van der Waals surface area contributed by atoms with E-state index in [0.717, 1.165) is 26.5 Å². The van der Waals surface area contributed by atoms with Crippen LogP contribution in [-0.4, -0.2) is 19.1 Å². The first kappa shape index (κ1) is 12.1. The van der Waals surface area contributed by atoms with E-state index in [1.807, 2.05) is 26.2 Å². The van der Waals surface area contributed by atoms with E-state index in [1.165, 1.54) is 23.5 Å². The lowest BCUT2D eigenvalue weighted by molar-refractivity contribution is 0.630. The molecule has 0 bridgehead atoms. The Bertz CT molecular complexity index is 717. The molecule has 0 unspecified atom stereocenters. The molecule has 96 valence electrons. The molecule has 3 rings (SSSR count). The lowest BCUT2D eigenvalue weighted by Gasteiger charge is -2.11. The van der Waals surface area contributed by atoms with Crippen LogP contribution in [0.5, 0.6) is 0 Å². The van der Waals surface area contributed by atoms with E-state index < -0.39 is 0 Å². The Balaban J connectivity index is 2.03. The van der Waals surface area contributed by atoms with E-state index in [1.54, 1.807) is 6.07 Å². The first-order valence-electron chi connectivity index (χ1n) is 5.97. The predicted octanol–water partition coefficient (Wildman–Crippen LogP) is 4.17. The van der Waals surface area contributed by atoms with Crippen molar-refractivity contribution in [3.63, 3.8) is 0 Å². The van der Waals surface area contributed by atoms with Gasteiger partial charge in [-0.3, -0.25) is 0 Å². The predicted molar refractivity (Wildman–Crippen MR) is 79.3 cm³/mol. The van der Waals surface area contributed by atoms with E-state index in [4.69, 9.17) is 0 Å². The molecule has 4 heteroatoms. The Morgan fingerprint density at radius 2 is 1.79 bits per heavy atom. The molecular weight excluding hydrogens is 258 g/mol. The van der Waals surface area contributed by atoms with E-state index in [2.05, 4.69) is 22.0 Å². The number of hydrogen-bond acceptors (Lipinski definition) is 3. The quantitative estimate of drug-likeness (QED) is 0.695. The minimum absolute atomic E-state index is 0.217. The lowest BCUT2D eigenvalue weighted by atomic mass is 10.2. The van der Waals surface area contributed by atoms with Gasteiger partial charge in [-0.1, -0.05) is 0 Å². The van der Waals surface area contributed by atoms with Gasteiger partial charge in [0.05, 0.1) is 10.2 Å². The number of nitrogens with zero attached hydrogens (tertiary/aromatic N) is 2. The highest BCUT2D eigenvalue weighted by molar-refractivity contribution is 7.21. The summed E-state index contributed by atoms with van der Waals surface area (Å²) in [5, 5.41) is 0.922. The third-order valence-corrected chi connectivity index (χ3v) is 4.05. The standard InChI is InChI=1S/C15H13FN2S/c1-18(2)12-6-3-10(4-7-12)15-17-13-8-5-11(16)9-14(13)19-15/h3-9H,1-2H3/i16-1.